The molecule has 0 unspecified atom stereocenters. The molecule has 0 bridgehead atoms. The predicted octanol–water partition coefficient (Wildman–Crippen LogP) is 1.34. The summed E-state index contributed by atoms with van der Waals surface area (Å²) in [5, 5.41) is 17.9. The highest BCUT2D eigenvalue weighted by atomic mass is 16.2. The lowest BCUT2D eigenvalue weighted by molar-refractivity contribution is 0.0666. The smallest absolute Gasteiger partial charge is 0.271 e. The first-order chi connectivity index (χ1) is 10.8. The van der Waals surface area contributed by atoms with Crippen molar-refractivity contribution in [2.24, 2.45) is 5.92 Å². The largest absolute Gasteiger partial charge is 0.372 e. The Balaban J connectivity index is 1.61. The highest BCUT2D eigenvalue weighted by Crippen LogP contribution is 2.21. The summed E-state index contributed by atoms with van der Waals surface area (Å²) >= 11 is 0. The number of piperidine rings is 1. The molecule has 3 rings (SSSR count). The van der Waals surface area contributed by atoms with Crippen LogP contribution < -0.4 is 5.32 Å². The number of H-pyrrole nitrogens is 1. The summed E-state index contributed by atoms with van der Waals surface area (Å²) < 4.78 is 0. The van der Waals surface area contributed by atoms with E-state index >= 15 is 0 Å². The molecule has 2 aromatic heterocycles. The van der Waals surface area contributed by atoms with Crippen molar-refractivity contribution in [1.29, 1.82) is 0 Å². The normalized spacial score (nSPS) is 18.2. The fraction of sp³-hybridized carbons (Fsp3) is 0.467. The molecule has 22 heavy (non-hydrogen) atoms. The van der Waals surface area contributed by atoms with Crippen molar-refractivity contribution in [3.8, 4) is 0 Å². The number of amides is 1. The van der Waals surface area contributed by atoms with E-state index in [1.54, 1.807) is 12.3 Å². The number of likely N-dealkylation sites (tertiary alicyclic amines) is 1. The number of hydrogen-bond donors (Lipinski definition) is 2. The van der Waals surface area contributed by atoms with Gasteiger partial charge in [0.15, 0.2) is 0 Å². The van der Waals surface area contributed by atoms with E-state index in [1.165, 1.54) is 0 Å². The van der Waals surface area contributed by atoms with Crippen LogP contribution in [0.3, 0.4) is 0 Å². The van der Waals surface area contributed by atoms with E-state index in [0.717, 1.165) is 43.9 Å². The highest BCUT2D eigenvalue weighted by molar-refractivity contribution is 5.92. The van der Waals surface area contributed by atoms with Crippen LogP contribution >= 0.6 is 0 Å². The van der Waals surface area contributed by atoms with E-state index in [2.05, 4.69) is 25.7 Å². The summed E-state index contributed by atoms with van der Waals surface area (Å²) in [6.45, 7) is 1.56. The Bertz CT molecular complexity index is 609. The molecular weight excluding hydrogens is 280 g/mol. The van der Waals surface area contributed by atoms with Crippen molar-refractivity contribution in [2.75, 3.05) is 25.5 Å². The SMILES string of the molecule is CNc1ccc(C[C@@H]2CCCN(C(=O)c3ccn[nH]3)C2)nn1. The first kappa shape index (κ1) is 14.5. The highest BCUT2D eigenvalue weighted by Gasteiger charge is 2.25. The zero-order valence-corrected chi connectivity index (χ0v) is 12.6. The minimum Gasteiger partial charge on any atom is -0.372 e. The molecule has 3 heterocycles. The average Bonchev–Trinajstić information content (AvgIpc) is 3.09. The third-order valence-corrected chi connectivity index (χ3v) is 4.01. The van der Waals surface area contributed by atoms with Gasteiger partial charge < -0.3 is 10.2 Å². The van der Waals surface area contributed by atoms with Gasteiger partial charge in [0.2, 0.25) is 0 Å². The zero-order chi connectivity index (χ0) is 15.4. The number of anilines is 1. The number of rotatable bonds is 4. The number of nitrogens with zero attached hydrogens (tertiary/aromatic N) is 4. The maximum Gasteiger partial charge on any atom is 0.271 e. The van der Waals surface area contributed by atoms with Gasteiger partial charge in [-0.25, -0.2) is 0 Å². The summed E-state index contributed by atoms with van der Waals surface area (Å²) in [7, 11) is 1.82. The van der Waals surface area contributed by atoms with Crippen molar-refractivity contribution >= 4 is 11.7 Å². The number of carbonyl (C=O) groups excluding carboxylic acids is 1. The van der Waals surface area contributed by atoms with Gasteiger partial charge in [0.1, 0.15) is 11.5 Å². The summed E-state index contributed by atoms with van der Waals surface area (Å²) in [5.41, 5.74) is 1.53. The molecule has 1 atom stereocenters. The molecule has 7 heteroatoms. The third kappa shape index (κ3) is 3.24. The average molecular weight is 300 g/mol. The van der Waals surface area contributed by atoms with Crippen molar-refractivity contribution < 1.29 is 4.79 Å². The monoisotopic (exact) mass is 300 g/mol. The predicted molar refractivity (Wildman–Crippen MR) is 82.5 cm³/mol. The Hall–Kier alpha value is -2.44. The van der Waals surface area contributed by atoms with Crippen LogP contribution in [0.4, 0.5) is 5.82 Å². The molecule has 1 amide bonds. The van der Waals surface area contributed by atoms with Crippen LogP contribution in [0.25, 0.3) is 0 Å². The standard InChI is InChI=1S/C15H20N6O/c1-16-14-5-4-12(18-20-14)9-11-3-2-8-21(10-11)15(22)13-6-7-17-19-13/h4-7,11H,2-3,8-10H2,1H3,(H,16,20)(H,17,19)/t11-/m0/s1. The van der Waals surface area contributed by atoms with Gasteiger partial charge in [-0.05, 0) is 43.4 Å². The summed E-state index contributed by atoms with van der Waals surface area (Å²) in [6, 6.07) is 5.64. The van der Waals surface area contributed by atoms with Crippen LogP contribution in [-0.2, 0) is 6.42 Å². The molecule has 1 aliphatic rings. The fourth-order valence-corrected chi connectivity index (χ4v) is 2.86. The van der Waals surface area contributed by atoms with Gasteiger partial charge in [0.25, 0.3) is 5.91 Å². The van der Waals surface area contributed by atoms with Crippen LogP contribution in [0, 0.1) is 5.92 Å². The first-order valence-electron chi connectivity index (χ1n) is 7.55. The van der Waals surface area contributed by atoms with E-state index in [0.29, 0.717) is 11.6 Å². The second kappa shape index (κ2) is 6.55. The minimum atomic E-state index is 0.0267. The van der Waals surface area contributed by atoms with Gasteiger partial charge in [-0.2, -0.15) is 10.2 Å². The lowest BCUT2D eigenvalue weighted by Gasteiger charge is -2.32. The molecule has 1 fully saturated rings. The van der Waals surface area contributed by atoms with Gasteiger partial charge in [-0.3, -0.25) is 9.89 Å². The van der Waals surface area contributed by atoms with Gasteiger partial charge >= 0.3 is 0 Å². The van der Waals surface area contributed by atoms with Crippen LogP contribution in [0.15, 0.2) is 24.4 Å². The van der Waals surface area contributed by atoms with E-state index in [4.69, 9.17) is 0 Å². The first-order valence-corrected chi connectivity index (χ1v) is 7.55. The molecule has 0 radical (unpaired) electrons. The summed E-state index contributed by atoms with van der Waals surface area (Å²) in [6.07, 6.45) is 4.59. The summed E-state index contributed by atoms with van der Waals surface area (Å²) in [5.74, 6) is 1.22. The molecule has 0 saturated carbocycles. The Labute approximate surface area is 129 Å². The van der Waals surface area contributed by atoms with Gasteiger partial charge in [0.05, 0.1) is 5.69 Å². The molecule has 2 aromatic rings. The second-order valence-corrected chi connectivity index (χ2v) is 5.59. The van der Waals surface area contributed by atoms with E-state index in [1.807, 2.05) is 24.1 Å². The minimum absolute atomic E-state index is 0.0267. The molecule has 1 saturated heterocycles. The zero-order valence-electron chi connectivity index (χ0n) is 12.6. The van der Waals surface area contributed by atoms with Crippen LogP contribution in [-0.4, -0.2) is 51.3 Å². The maximum absolute atomic E-state index is 12.4. The fourth-order valence-electron chi connectivity index (χ4n) is 2.86. The van der Waals surface area contributed by atoms with Gasteiger partial charge in [-0.1, -0.05) is 0 Å². The quantitative estimate of drug-likeness (QED) is 0.889. The molecule has 116 valence electrons. The molecule has 0 spiro atoms. The summed E-state index contributed by atoms with van der Waals surface area (Å²) in [4.78, 5) is 14.3. The third-order valence-electron chi connectivity index (χ3n) is 4.01. The number of hydrogen-bond acceptors (Lipinski definition) is 5. The number of carbonyl (C=O) groups is 1. The van der Waals surface area contributed by atoms with Crippen molar-refractivity contribution in [1.82, 2.24) is 25.3 Å². The van der Waals surface area contributed by atoms with E-state index < -0.39 is 0 Å². The van der Waals surface area contributed by atoms with Crippen LogP contribution in [0.2, 0.25) is 0 Å². The van der Waals surface area contributed by atoms with Crippen molar-refractivity contribution in [2.45, 2.75) is 19.3 Å². The van der Waals surface area contributed by atoms with E-state index in [-0.39, 0.29) is 5.91 Å². The molecule has 7 nitrogen and oxygen atoms in total. The molecule has 0 aliphatic carbocycles. The topological polar surface area (TPSA) is 86.8 Å². The maximum atomic E-state index is 12.4. The second-order valence-electron chi connectivity index (χ2n) is 5.59. The Morgan fingerprint density at radius 1 is 1.41 bits per heavy atom. The molecule has 2 N–H and O–H groups in total. The van der Waals surface area contributed by atoms with E-state index in [9.17, 15) is 4.79 Å². The van der Waals surface area contributed by atoms with Gasteiger partial charge in [0, 0.05) is 26.3 Å². The molecule has 1 aliphatic heterocycles. The molecule has 0 aromatic carbocycles. The van der Waals surface area contributed by atoms with Crippen molar-refractivity contribution in [3.63, 3.8) is 0 Å². The van der Waals surface area contributed by atoms with Crippen LogP contribution in [0.1, 0.15) is 29.0 Å². The lowest BCUT2D eigenvalue weighted by Crippen LogP contribution is -2.40. The lowest BCUT2D eigenvalue weighted by atomic mass is 9.93. The molecular formula is C15H20N6O. The Morgan fingerprint density at radius 2 is 2.32 bits per heavy atom. The van der Waals surface area contributed by atoms with Crippen LogP contribution in [0.5, 0.6) is 0 Å². The number of aromatic amines is 1. The number of nitrogens with one attached hydrogen (secondary N) is 2. The Morgan fingerprint density at radius 3 is 3.00 bits per heavy atom. The van der Waals surface area contributed by atoms with Crippen molar-refractivity contribution in [3.05, 3.63) is 35.8 Å². The van der Waals surface area contributed by atoms with Gasteiger partial charge in [-0.15, -0.1) is 5.10 Å². The number of aromatic nitrogens is 4. The Kier molecular flexibility index (Phi) is 4.32.